The van der Waals surface area contributed by atoms with E-state index in [0.29, 0.717) is 17.4 Å². The molecule has 7 nitrogen and oxygen atoms in total. The third-order valence-electron chi connectivity index (χ3n) is 7.05. The van der Waals surface area contributed by atoms with Crippen molar-refractivity contribution in [2.75, 3.05) is 25.0 Å². The average Bonchev–Trinajstić information content (AvgIpc) is 3.33. The Morgan fingerprint density at radius 3 is 2.33 bits per heavy atom. The number of hydrogen-bond acceptors (Lipinski definition) is 7. The molecule has 1 aromatic carbocycles. The summed E-state index contributed by atoms with van der Waals surface area (Å²) in [7, 11) is 0. The van der Waals surface area contributed by atoms with Gasteiger partial charge in [-0.25, -0.2) is 9.97 Å². The summed E-state index contributed by atoms with van der Waals surface area (Å²) in [6.45, 7) is 5.71. The van der Waals surface area contributed by atoms with Crippen molar-refractivity contribution in [2.45, 2.75) is 56.9 Å². The van der Waals surface area contributed by atoms with Crippen LogP contribution in [-0.4, -0.2) is 44.7 Å². The third kappa shape index (κ3) is 4.46. The Morgan fingerprint density at radius 1 is 1.09 bits per heavy atom. The average molecular weight is 455 g/mol. The lowest BCUT2D eigenvalue weighted by Crippen LogP contribution is -2.42. The van der Waals surface area contributed by atoms with Crippen molar-refractivity contribution >= 4 is 5.95 Å². The molecule has 0 spiro atoms. The minimum atomic E-state index is -2.80. The van der Waals surface area contributed by atoms with Crippen molar-refractivity contribution in [3.63, 3.8) is 0 Å². The van der Waals surface area contributed by atoms with E-state index < -0.39 is 12.3 Å². The Hall–Kier alpha value is -2.94. The normalized spacial score (nSPS) is 18.9. The molecule has 1 aliphatic carbocycles. The topological polar surface area (TPSA) is 80.0 Å². The number of aromatic nitrogens is 4. The summed E-state index contributed by atoms with van der Waals surface area (Å²) in [5, 5.41) is 10.5. The van der Waals surface area contributed by atoms with Gasteiger partial charge in [-0.15, -0.1) is 10.2 Å². The zero-order valence-corrected chi connectivity index (χ0v) is 18.7. The van der Waals surface area contributed by atoms with Gasteiger partial charge in [0, 0.05) is 12.4 Å². The third-order valence-corrected chi connectivity index (χ3v) is 7.05. The fourth-order valence-electron chi connectivity index (χ4n) is 4.83. The molecule has 0 bridgehead atoms. The van der Waals surface area contributed by atoms with Crippen molar-refractivity contribution in [3.8, 4) is 11.5 Å². The van der Waals surface area contributed by atoms with Crippen LogP contribution in [0.2, 0.25) is 0 Å². The number of nitrogens with one attached hydrogen (secondary N) is 1. The summed E-state index contributed by atoms with van der Waals surface area (Å²) in [5.74, 6) is 0.400. The monoisotopic (exact) mass is 454 g/mol. The molecule has 0 amide bonds. The molecule has 174 valence electrons. The molecule has 33 heavy (non-hydrogen) atoms. The summed E-state index contributed by atoms with van der Waals surface area (Å²) in [4.78, 5) is 11.2. The Morgan fingerprint density at radius 2 is 1.79 bits per heavy atom. The Labute approximate surface area is 191 Å². The molecule has 0 atom stereocenters. The lowest BCUT2D eigenvalue weighted by atomic mass is 9.71. The van der Waals surface area contributed by atoms with Gasteiger partial charge in [-0.1, -0.05) is 31.2 Å². The van der Waals surface area contributed by atoms with Crippen molar-refractivity contribution in [1.82, 2.24) is 25.1 Å². The van der Waals surface area contributed by atoms with Gasteiger partial charge in [0.25, 0.3) is 11.8 Å². The first-order valence-corrected chi connectivity index (χ1v) is 11.6. The van der Waals surface area contributed by atoms with Crippen LogP contribution in [0.3, 0.4) is 0 Å². The van der Waals surface area contributed by atoms with Crippen LogP contribution < -0.4 is 5.32 Å². The van der Waals surface area contributed by atoms with Gasteiger partial charge in [0.15, 0.2) is 0 Å². The van der Waals surface area contributed by atoms with Crippen LogP contribution in [0.15, 0.2) is 41.1 Å². The van der Waals surface area contributed by atoms with E-state index in [1.807, 2.05) is 0 Å². The molecule has 1 saturated heterocycles. The van der Waals surface area contributed by atoms with Gasteiger partial charge in [0.05, 0.1) is 11.1 Å². The molecule has 2 fully saturated rings. The number of nitrogens with zero attached hydrogens (tertiary/aromatic N) is 5. The highest BCUT2D eigenvalue weighted by Crippen LogP contribution is 2.44. The maximum atomic E-state index is 12.7. The maximum Gasteiger partial charge on any atom is 0.314 e. The number of hydrogen-bond donors (Lipinski definition) is 1. The van der Waals surface area contributed by atoms with Crippen LogP contribution in [-0.2, 0) is 5.54 Å². The number of benzene rings is 1. The van der Waals surface area contributed by atoms with Crippen LogP contribution >= 0.6 is 0 Å². The van der Waals surface area contributed by atoms with E-state index in [1.165, 1.54) is 49.5 Å². The highest BCUT2D eigenvalue weighted by atomic mass is 19.3. The van der Waals surface area contributed by atoms with Crippen molar-refractivity contribution in [1.29, 1.82) is 0 Å². The Kier molecular flexibility index (Phi) is 6.05. The van der Waals surface area contributed by atoms with Crippen molar-refractivity contribution < 1.29 is 13.2 Å². The van der Waals surface area contributed by atoms with Crippen LogP contribution in [0.1, 0.15) is 68.4 Å². The van der Waals surface area contributed by atoms with Crippen molar-refractivity contribution in [3.05, 3.63) is 53.7 Å². The number of halogens is 2. The summed E-state index contributed by atoms with van der Waals surface area (Å²) >= 11 is 0. The van der Waals surface area contributed by atoms with Gasteiger partial charge < -0.3 is 14.6 Å². The van der Waals surface area contributed by atoms with E-state index in [-0.39, 0.29) is 11.4 Å². The fraction of sp³-hybridized carbons (Fsp3) is 0.500. The molecule has 3 heterocycles. The van der Waals surface area contributed by atoms with Crippen LogP contribution in [0.4, 0.5) is 14.7 Å². The zero-order chi connectivity index (χ0) is 22.8. The molecule has 2 aromatic heterocycles. The molecular formula is C24H28F2N6O. The lowest BCUT2D eigenvalue weighted by molar-refractivity contribution is 0.116. The molecule has 3 aromatic rings. The largest absolute Gasteiger partial charge is 0.415 e. The number of piperidine rings is 1. The second-order valence-corrected chi connectivity index (χ2v) is 8.93. The molecule has 1 aliphatic heterocycles. The summed E-state index contributed by atoms with van der Waals surface area (Å²) in [6.07, 6.45) is 5.81. The Bertz CT molecular complexity index is 1060. The minimum absolute atomic E-state index is 0.0180. The first-order valence-electron chi connectivity index (χ1n) is 11.6. The molecule has 0 radical (unpaired) electrons. The number of likely N-dealkylation sites (tertiary alicyclic amines) is 1. The smallest absolute Gasteiger partial charge is 0.314 e. The van der Waals surface area contributed by atoms with Crippen molar-refractivity contribution in [2.24, 2.45) is 0 Å². The quantitative estimate of drug-likeness (QED) is 0.528. The van der Waals surface area contributed by atoms with E-state index in [1.54, 1.807) is 0 Å². The molecule has 2 aliphatic rings. The SMILES string of the molecule is CCN1CCC(c2ccc(C3(Nc4ncc(-c5nnc(C(F)F)o5)cn4)CCC3)cc2)CC1. The number of alkyl halides is 2. The molecule has 9 heteroatoms. The lowest BCUT2D eigenvalue weighted by Gasteiger charge is -2.43. The molecule has 0 unspecified atom stereocenters. The van der Waals surface area contributed by atoms with Gasteiger partial charge in [-0.3, -0.25) is 0 Å². The van der Waals surface area contributed by atoms with Crippen LogP contribution in [0, 0.1) is 0 Å². The predicted molar refractivity (Wildman–Crippen MR) is 120 cm³/mol. The standard InChI is InChI=1S/C24H28F2N6O/c1-2-32-12-8-17(9-13-32)16-4-6-19(7-5-16)24(10-3-11-24)29-23-27-14-18(15-28-23)21-30-31-22(33-21)20(25)26/h4-7,14-15,17,20H,2-3,8-13H2,1H3,(H,27,28,29). The number of rotatable bonds is 7. The van der Waals surface area contributed by atoms with Gasteiger partial charge in [0.1, 0.15) is 0 Å². The van der Waals surface area contributed by atoms with E-state index in [0.717, 1.165) is 25.8 Å². The van der Waals surface area contributed by atoms with Gasteiger partial charge in [-0.2, -0.15) is 8.78 Å². The molecule has 1 saturated carbocycles. The van der Waals surface area contributed by atoms with Crippen LogP contribution in [0.25, 0.3) is 11.5 Å². The summed E-state index contributed by atoms with van der Waals surface area (Å²) in [6, 6.07) is 9.05. The van der Waals surface area contributed by atoms with Crippen LogP contribution in [0.5, 0.6) is 0 Å². The van der Waals surface area contributed by atoms with Gasteiger partial charge in [-0.05, 0) is 68.8 Å². The first-order chi connectivity index (χ1) is 16.1. The molecule has 1 N–H and O–H groups in total. The van der Waals surface area contributed by atoms with Gasteiger partial charge in [0.2, 0.25) is 5.95 Å². The van der Waals surface area contributed by atoms with E-state index in [2.05, 4.69) is 61.6 Å². The second kappa shape index (κ2) is 9.13. The Balaban J connectivity index is 1.27. The zero-order valence-electron chi connectivity index (χ0n) is 18.7. The predicted octanol–water partition coefficient (Wildman–Crippen LogP) is 5.15. The highest BCUT2D eigenvalue weighted by Gasteiger charge is 2.39. The van der Waals surface area contributed by atoms with E-state index in [4.69, 9.17) is 4.42 Å². The first kappa shape index (κ1) is 21.9. The summed E-state index contributed by atoms with van der Waals surface area (Å²) in [5.41, 5.74) is 2.89. The highest BCUT2D eigenvalue weighted by molar-refractivity contribution is 5.51. The van der Waals surface area contributed by atoms with Gasteiger partial charge >= 0.3 is 6.43 Å². The maximum absolute atomic E-state index is 12.7. The fourth-order valence-corrected chi connectivity index (χ4v) is 4.83. The minimum Gasteiger partial charge on any atom is -0.415 e. The molecule has 5 rings (SSSR count). The van der Waals surface area contributed by atoms with E-state index >= 15 is 0 Å². The second-order valence-electron chi connectivity index (χ2n) is 8.93. The summed E-state index contributed by atoms with van der Waals surface area (Å²) < 4.78 is 30.3. The van der Waals surface area contributed by atoms with E-state index in [9.17, 15) is 8.78 Å². The molecular weight excluding hydrogens is 426 g/mol. The number of anilines is 1.